The van der Waals surface area contributed by atoms with E-state index in [0.29, 0.717) is 11.5 Å². The molecule has 0 spiro atoms. The number of pyridine rings is 1. The van der Waals surface area contributed by atoms with Gasteiger partial charge in [0.1, 0.15) is 0 Å². The normalized spacial score (nSPS) is 18.5. The summed E-state index contributed by atoms with van der Waals surface area (Å²) >= 11 is 1.50. The van der Waals surface area contributed by atoms with Crippen molar-refractivity contribution in [3.05, 3.63) is 46.7 Å². The third-order valence-electron chi connectivity index (χ3n) is 4.00. The van der Waals surface area contributed by atoms with Gasteiger partial charge < -0.3 is 4.74 Å². The van der Waals surface area contributed by atoms with Crippen LogP contribution in [-0.4, -0.2) is 40.4 Å². The molecule has 5 nitrogen and oxygen atoms in total. The zero-order valence-electron chi connectivity index (χ0n) is 12.6. The first-order valence-electron chi connectivity index (χ1n) is 7.37. The Hall–Kier alpha value is -1.79. The summed E-state index contributed by atoms with van der Waals surface area (Å²) in [6.45, 7) is 3.18. The molecule has 0 bridgehead atoms. The molecule has 1 atom stereocenters. The maximum Gasteiger partial charge on any atom is 0.339 e. The number of esters is 1. The van der Waals surface area contributed by atoms with Crippen molar-refractivity contribution in [2.24, 2.45) is 5.92 Å². The van der Waals surface area contributed by atoms with Crippen LogP contribution in [0.25, 0.3) is 0 Å². The largest absolute Gasteiger partial charge is 0.465 e. The van der Waals surface area contributed by atoms with Crippen molar-refractivity contribution in [1.82, 2.24) is 14.3 Å². The number of hydrogen-bond donors (Lipinski definition) is 0. The van der Waals surface area contributed by atoms with Crippen LogP contribution in [0.15, 0.2) is 30.0 Å². The van der Waals surface area contributed by atoms with Gasteiger partial charge in [-0.1, -0.05) is 0 Å². The van der Waals surface area contributed by atoms with Crippen LogP contribution >= 0.6 is 11.5 Å². The molecule has 1 aliphatic rings. The fourth-order valence-corrected chi connectivity index (χ4v) is 3.48. The molecule has 22 heavy (non-hydrogen) atoms. The molecule has 3 rings (SSSR count). The number of rotatable bonds is 5. The van der Waals surface area contributed by atoms with Gasteiger partial charge >= 0.3 is 5.97 Å². The van der Waals surface area contributed by atoms with Gasteiger partial charge in [-0.15, -0.1) is 0 Å². The first kappa shape index (κ1) is 15.1. The van der Waals surface area contributed by atoms with Crippen molar-refractivity contribution in [1.29, 1.82) is 0 Å². The zero-order chi connectivity index (χ0) is 15.4. The van der Waals surface area contributed by atoms with Gasteiger partial charge in [-0.3, -0.25) is 9.88 Å². The lowest BCUT2D eigenvalue weighted by molar-refractivity contribution is 0.0600. The fourth-order valence-electron chi connectivity index (χ4n) is 2.95. The number of aromatic nitrogens is 2. The SMILES string of the molecule is COC(=O)c1cncc(CC2CCN(Cc3cnsc3)C2)c1. The van der Waals surface area contributed by atoms with E-state index in [1.807, 2.05) is 18.5 Å². The summed E-state index contributed by atoms with van der Waals surface area (Å²) in [6.07, 6.45) is 7.48. The van der Waals surface area contributed by atoms with Gasteiger partial charge in [-0.25, -0.2) is 9.17 Å². The van der Waals surface area contributed by atoms with Crippen molar-refractivity contribution in [3.63, 3.8) is 0 Å². The lowest BCUT2D eigenvalue weighted by Crippen LogP contribution is -2.20. The standard InChI is InChI=1S/C16H19N3O2S/c1-21-16(20)15-5-13(6-17-8-15)4-12-2-3-19(9-12)10-14-7-18-22-11-14/h5-8,11-12H,2-4,9-10H2,1H3. The Morgan fingerprint density at radius 1 is 1.41 bits per heavy atom. The second-order valence-corrected chi connectivity index (χ2v) is 6.36. The molecule has 116 valence electrons. The van der Waals surface area contributed by atoms with E-state index >= 15 is 0 Å². The molecule has 1 saturated heterocycles. The van der Waals surface area contributed by atoms with Gasteiger partial charge in [-0.05, 0) is 54.0 Å². The summed E-state index contributed by atoms with van der Waals surface area (Å²) in [7, 11) is 1.39. The average Bonchev–Trinajstić information content (AvgIpc) is 3.19. The summed E-state index contributed by atoms with van der Waals surface area (Å²) in [5, 5.41) is 2.11. The molecule has 1 fully saturated rings. The molecule has 6 heteroatoms. The summed E-state index contributed by atoms with van der Waals surface area (Å²) in [5.74, 6) is 0.286. The van der Waals surface area contributed by atoms with Gasteiger partial charge in [0.25, 0.3) is 0 Å². The Labute approximate surface area is 134 Å². The molecule has 1 unspecified atom stereocenters. The minimum atomic E-state index is -0.327. The van der Waals surface area contributed by atoms with E-state index in [1.54, 1.807) is 6.20 Å². The number of methoxy groups -OCH3 is 1. The number of ether oxygens (including phenoxy) is 1. The van der Waals surface area contributed by atoms with Crippen molar-refractivity contribution in [2.75, 3.05) is 20.2 Å². The highest BCUT2D eigenvalue weighted by molar-refractivity contribution is 7.03. The quantitative estimate of drug-likeness (QED) is 0.793. The van der Waals surface area contributed by atoms with Gasteiger partial charge in [0.2, 0.25) is 0 Å². The smallest absolute Gasteiger partial charge is 0.339 e. The van der Waals surface area contributed by atoms with Crippen molar-refractivity contribution in [2.45, 2.75) is 19.4 Å². The van der Waals surface area contributed by atoms with Gasteiger partial charge in [0.15, 0.2) is 0 Å². The lowest BCUT2D eigenvalue weighted by Gasteiger charge is -2.15. The zero-order valence-corrected chi connectivity index (χ0v) is 13.4. The molecule has 0 amide bonds. The molecule has 0 aromatic carbocycles. The van der Waals surface area contributed by atoms with E-state index in [1.165, 1.54) is 30.6 Å². The van der Waals surface area contributed by atoms with E-state index in [0.717, 1.165) is 31.6 Å². The number of carbonyl (C=O) groups is 1. The highest BCUT2D eigenvalue weighted by Gasteiger charge is 2.23. The Morgan fingerprint density at radius 3 is 3.09 bits per heavy atom. The molecule has 1 aliphatic heterocycles. The van der Waals surface area contributed by atoms with Gasteiger partial charge in [0, 0.05) is 37.1 Å². The molecule has 3 heterocycles. The molecule has 2 aromatic heterocycles. The summed E-state index contributed by atoms with van der Waals surface area (Å²) < 4.78 is 8.89. The minimum Gasteiger partial charge on any atom is -0.465 e. The van der Waals surface area contributed by atoms with Crippen LogP contribution in [0.1, 0.15) is 27.9 Å². The van der Waals surface area contributed by atoms with E-state index in [-0.39, 0.29) is 5.97 Å². The highest BCUT2D eigenvalue weighted by Crippen LogP contribution is 2.22. The molecule has 0 N–H and O–H groups in total. The molecular weight excluding hydrogens is 298 g/mol. The van der Waals surface area contributed by atoms with E-state index in [4.69, 9.17) is 4.74 Å². The van der Waals surface area contributed by atoms with Crippen LogP contribution in [0, 0.1) is 5.92 Å². The molecular formula is C16H19N3O2S. The van der Waals surface area contributed by atoms with Gasteiger partial charge in [-0.2, -0.15) is 0 Å². The first-order valence-corrected chi connectivity index (χ1v) is 8.21. The summed E-state index contributed by atoms with van der Waals surface area (Å²) in [5.41, 5.74) is 2.92. The van der Waals surface area contributed by atoms with Crippen molar-refractivity contribution in [3.8, 4) is 0 Å². The lowest BCUT2D eigenvalue weighted by atomic mass is 9.99. The monoisotopic (exact) mass is 317 g/mol. The molecule has 0 radical (unpaired) electrons. The topological polar surface area (TPSA) is 55.3 Å². The maximum absolute atomic E-state index is 11.6. The van der Waals surface area contributed by atoms with Crippen LogP contribution in [0.5, 0.6) is 0 Å². The predicted molar refractivity (Wildman–Crippen MR) is 84.8 cm³/mol. The summed E-state index contributed by atoms with van der Waals surface area (Å²) in [6, 6.07) is 1.89. The highest BCUT2D eigenvalue weighted by atomic mass is 32.1. The van der Waals surface area contributed by atoms with Crippen LogP contribution < -0.4 is 0 Å². The Kier molecular flexibility index (Phi) is 4.80. The van der Waals surface area contributed by atoms with E-state index in [2.05, 4.69) is 19.6 Å². The van der Waals surface area contributed by atoms with Crippen molar-refractivity contribution >= 4 is 17.5 Å². The van der Waals surface area contributed by atoms with E-state index in [9.17, 15) is 4.79 Å². The number of nitrogens with zero attached hydrogens (tertiary/aromatic N) is 3. The molecule has 0 aliphatic carbocycles. The average molecular weight is 317 g/mol. The third-order valence-corrected chi connectivity index (χ3v) is 4.64. The van der Waals surface area contributed by atoms with Crippen LogP contribution in [0.3, 0.4) is 0 Å². The second kappa shape index (κ2) is 6.98. The Morgan fingerprint density at radius 2 is 2.32 bits per heavy atom. The van der Waals surface area contributed by atoms with Gasteiger partial charge in [0.05, 0.1) is 12.7 Å². The summed E-state index contributed by atoms with van der Waals surface area (Å²) in [4.78, 5) is 18.2. The maximum atomic E-state index is 11.6. The predicted octanol–water partition coefficient (Wildman–Crippen LogP) is 2.39. The number of hydrogen-bond acceptors (Lipinski definition) is 6. The van der Waals surface area contributed by atoms with Crippen molar-refractivity contribution < 1.29 is 9.53 Å². The minimum absolute atomic E-state index is 0.327. The van der Waals surface area contributed by atoms with Crippen LogP contribution in [0.2, 0.25) is 0 Å². The number of likely N-dealkylation sites (tertiary alicyclic amines) is 1. The Balaban J connectivity index is 1.57. The van der Waals surface area contributed by atoms with E-state index < -0.39 is 0 Å². The third kappa shape index (κ3) is 3.69. The number of carbonyl (C=O) groups excluding carboxylic acids is 1. The first-order chi connectivity index (χ1) is 10.7. The molecule has 2 aromatic rings. The van der Waals surface area contributed by atoms with Crippen LogP contribution in [0.4, 0.5) is 0 Å². The fraction of sp³-hybridized carbons (Fsp3) is 0.438. The second-order valence-electron chi connectivity index (χ2n) is 5.70. The van der Waals surface area contributed by atoms with Crippen LogP contribution in [-0.2, 0) is 17.7 Å². The Bertz CT molecular complexity index is 630. The molecule has 0 saturated carbocycles.